The fraction of sp³-hybridized carbons (Fsp3) is 0.909. The number of hydrogen-bond acceptors (Lipinski definition) is 6. The average molecular weight is 403 g/mol. The highest BCUT2D eigenvalue weighted by molar-refractivity contribution is 5.70. The van der Waals surface area contributed by atoms with Crippen molar-refractivity contribution in [3.8, 4) is 0 Å². The average Bonchev–Trinajstić information content (AvgIpc) is 2.67. The van der Waals surface area contributed by atoms with E-state index in [4.69, 9.17) is 9.47 Å². The van der Waals surface area contributed by atoms with Crippen LogP contribution in [0.3, 0.4) is 0 Å². The highest BCUT2D eigenvalue weighted by Crippen LogP contribution is 2.20. The summed E-state index contributed by atoms with van der Waals surface area (Å²) in [5, 5.41) is 18.9. The fourth-order valence-corrected chi connectivity index (χ4v) is 3.36. The number of carbonyl (C=O) groups is 2. The Bertz CT molecular complexity index is 366. The first kappa shape index (κ1) is 26.9. The van der Waals surface area contributed by atoms with E-state index < -0.39 is 0 Å². The lowest BCUT2D eigenvalue weighted by molar-refractivity contribution is -0.155. The van der Waals surface area contributed by atoms with Gasteiger partial charge in [-0.15, -0.1) is 0 Å². The molecule has 0 saturated carbocycles. The Hall–Kier alpha value is -1.14. The predicted molar refractivity (Wildman–Crippen MR) is 110 cm³/mol. The van der Waals surface area contributed by atoms with Crippen molar-refractivity contribution in [2.24, 2.45) is 11.8 Å². The standard InChI is InChI=1S/C22H42O6/c1-5-11-19(17(7-3)15-23)27-21(25)13-9-10-14-22(26)28-20(12-6-2)18(8-4)16-24/h17-20,23-24H,5-16H2,1-4H3. The van der Waals surface area contributed by atoms with Crippen LogP contribution in [-0.2, 0) is 19.1 Å². The molecule has 4 atom stereocenters. The van der Waals surface area contributed by atoms with E-state index in [1.54, 1.807) is 0 Å². The Morgan fingerprint density at radius 3 is 1.32 bits per heavy atom. The minimum atomic E-state index is -0.270. The van der Waals surface area contributed by atoms with Gasteiger partial charge in [-0.1, -0.05) is 40.5 Å². The monoisotopic (exact) mass is 402 g/mol. The van der Waals surface area contributed by atoms with Crippen LogP contribution in [0.25, 0.3) is 0 Å². The molecule has 0 aliphatic rings. The molecule has 0 bridgehead atoms. The van der Waals surface area contributed by atoms with Gasteiger partial charge in [0, 0.05) is 37.9 Å². The van der Waals surface area contributed by atoms with Crippen LogP contribution in [0.1, 0.15) is 91.9 Å². The molecule has 2 N–H and O–H groups in total. The van der Waals surface area contributed by atoms with Gasteiger partial charge in [-0.2, -0.15) is 0 Å². The normalized spacial score (nSPS) is 15.5. The Labute approximate surface area is 171 Å². The first-order chi connectivity index (χ1) is 13.5. The van der Waals surface area contributed by atoms with Crippen molar-refractivity contribution in [2.75, 3.05) is 13.2 Å². The molecular weight excluding hydrogens is 360 g/mol. The molecular formula is C22H42O6. The molecule has 0 aliphatic carbocycles. The maximum Gasteiger partial charge on any atom is 0.306 e. The summed E-state index contributed by atoms with van der Waals surface area (Å²) in [5.41, 5.74) is 0. The maximum atomic E-state index is 12.1. The molecule has 28 heavy (non-hydrogen) atoms. The van der Waals surface area contributed by atoms with Crippen LogP contribution in [0.15, 0.2) is 0 Å². The molecule has 0 spiro atoms. The molecule has 0 fully saturated rings. The van der Waals surface area contributed by atoms with Gasteiger partial charge in [-0.3, -0.25) is 9.59 Å². The zero-order chi connectivity index (χ0) is 21.4. The smallest absolute Gasteiger partial charge is 0.306 e. The van der Waals surface area contributed by atoms with Gasteiger partial charge in [-0.25, -0.2) is 0 Å². The van der Waals surface area contributed by atoms with Crippen LogP contribution in [0.4, 0.5) is 0 Å². The Kier molecular flexibility index (Phi) is 16.1. The lowest BCUT2D eigenvalue weighted by Gasteiger charge is -2.25. The van der Waals surface area contributed by atoms with Gasteiger partial charge in [0.05, 0.1) is 0 Å². The summed E-state index contributed by atoms with van der Waals surface area (Å²) in [7, 11) is 0. The summed E-state index contributed by atoms with van der Waals surface area (Å²) in [6, 6.07) is 0. The number of hydrogen-bond donors (Lipinski definition) is 2. The van der Waals surface area contributed by atoms with E-state index in [1.165, 1.54) is 0 Å². The minimum Gasteiger partial charge on any atom is -0.462 e. The lowest BCUT2D eigenvalue weighted by atomic mass is 9.96. The number of esters is 2. The molecule has 0 aromatic heterocycles. The summed E-state index contributed by atoms with van der Waals surface area (Å²) in [6.07, 6.45) is 6.02. The van der Waals surface area contributed by atoms with Crippen molar-refractivity contribution in [3.63, 3.8) is 0 Å². The van der Waals surface area contributed by atoms with E-state index in [-0.39, 0.29) is 62.0 Å². The van der Waals surface area contributed by atoms with E-state index in [0.29, 0.717) is 12.8 Å². The number of ether oxygens (including phenoxy) is 2. The SMILES string of the molecule is CCCC(OC(=O)CCCCC(=O)OC(CCC)C(CC)CO)C(CC)CO. The van der Waals surface area contributed by atoms with Crippen molar-refractivity contribution in [2.45, 2.75) is 104 Å². The topological polar surface area (TPSA) is 93.1 Å². The van der Waals surface area contributed by atoms with Crippen molar-refractivity contribution >= 4 is 11.9 Å². The van der Waals surface area contributed by atoms with Crippen molar-refractivity contribution in [1.29, 1.82) is 0 Å². The predicted octanol–water partition coefficient (Wildman–Crippen LogP) is 4.01. The highest BCUT2D eigenvalue weighted by atomic mass is 16.5. The first-order valence-corrected chi connectivity index (χ1v) is 11.1. The fourth-order valence-electron chi connectivity index (χ4n) is 3.36. The van der Waals surface area contributed by atoms with Crippen LogP contribution in [0.5, 0.6) is 0 Å². The largest absolute Gasteiger partial charge is 0.462 e. The number of carbonyl (C=O) groups excluding carboxylic acids is 2. The summed E-state index contributed by atoms with van der Waals surface area (Å²) >= 11 is 0. The van der Waals surface area contributed by atoms with Crippen LogP contribution in [-0.4, -0.2) is 47.6 Å². The second kappa shape index (κ2) is 16.8. The quantitative estimate of drug-likeness (QED) is 0.282. The molecule has 6 nitrogen and oxygen atoms in total. The second-order valence-corrected chi connectivity index (χ2v) is 7.54. The third-order valence-corrected chi connectivity index (χ3v) is 5.29. The van der Waals surface area contributed by atoms with E-state index >= 15 is 0 Å². The van der Waals surface area contributed by atoms with Gasteiger partial charge in [0.2, 0.25) is 0 Å². The van der Waals surface area contributed by atoms with Crippen LogP contribution < -0.4 is 0 Å². The number of rotatable bonds is 17. The van der Waals surface area contributed by atoms with Gasteiger partial charge in [0.1, 0.15) is 12.2 Å². The zero-order valence-corrected chi connectivity index (χ0v) is 18.3. The van der Waals surface area contributed by atoms with E-state index in [0.717, 1.165) is 38.5 Å². The van der Waals surface area contributed by atoms with Crippen LogP contribution >= 0.6 is 0 Å². The van der Waals surface area contributed by atoms with Gasteiger partial charge >= 0.3 is 11.9 Å². The molecule has 0 aliphatic heterocycles. The molecule has 166 valence electrons. The molecule has 0 aromatic carbocycles. The minimum absolute atomic E-state index is 0.0197. The van der Waals surface area contributed by atoms with Gasteiger partial charge < -0.3 is 19.7 Å². The molecule has 0 saturated heterocycles. The summed E-state index contributed by atoms with van der Waals surface area (Å²) < 4.78 is 11.1. The van der Waals surface area contributed by atoms with E-state index in [2.05, 4.69) is 0 Å². The Balaban J connectivity index is 4.27. The molecule has 0 rings (SSSR count). The zero-order valence-electron chi connectivity index (χ0n) is 18.3. The van der Waals surface area contributed by atoms with E-state index in [1.807, 2.05) is 27.7 Å². The number of unbranched alkanes of at least 4 members (excludes halogenated alkanes) is 1. The highest BCUT2D eigenvalue weighted by Gasteiger charge is 2.24. The lowest BCUT2D eigenvalue weighted by Crippen LogP contribution is -2.29. The van der Waals surface area contributed by atoms with Crippen molar-refractivity contribution in [3.05, 3.63) is 0 Å². The number of aliphatic hydroxyl groups excluding tert-OH is 2. The van der Waals surface area contributed by atoms with E-state index in [9.17, 15) is 19.8 Å². The third kappa shape index (κ3) is 11.0. The van der Waals surface area contributed by atoms with Crippen LogP contribution in [0.2, 0.25) is 0 Å². The summed E-state index contributed by atoms with van der Waals surface area (Å²) in [5.74, 6) is -0.581. The number of aliphatic hydroxyl groups is 2. The van der Waals surface area contributed by atoms with Gasteiger partial charge in [0.25, 0.3) is 0 Å². The van der Waals surface area contributed by atoms with Crippen molar-refractivity contribution in [1.82, 2.24) is 0 Å². The van der Waals surface area contributed by atoms with Crippen LogP contribution in [0, 0.1) is 11.8 Å². The second-order valence-electron chi connectivity index (χ2n) is 7.54. The third-order valence-electron chi connectivity index (χ3n) is 5.29. The van der Waals surface area contributed by atoms with Gasteiger partial charge in [0.15, 0.2) is 0 Å². The molecule has 0 aromatic rings. The first-order valence-electron chi connectivity index (χ1n) is 11.1. The summed E-state index contributed by atoms with van der Waals surface area (Å²) in [4.78, 5) is 24.2. The molecule has 4 unspecified atom stereocenters. The molecule has 0 amide bonds. The Morgan fingerprint density at radius 2 is 1.07 bits per heavy atom. The maximum absolute atomic E-state index is 12.1. The van der Waals surface area contributed by atoms with Gasteiger partial charge in [-0.05, 0) is 38.5 Å². The summed E-state index contributed by atoms with van der Waals surface area (Å²) in [6.45, 7) is 8.06. The Morgan fingerprint density at radius 1 is 0.714 bits per heavy atom. The molecule has 6 heteroatoms. The molecule has 0 heterocycles. The molecule has 0 radical (unpaired) electrons. The van der Waals surface area contributed by atoms with Crippen molar-refractivity contribution < 1.29 is 29.3 Å².